The maximum Gasteiger partial charge on any atom is 0.0547 e. The first-order valence-corrected chi connectivity index (χ1v) is 10.2. The molecule has 0 spiro atoms. The van der Waals surface area contributed by atoms with Crippen molar-refractivity contribution in [2.45, 2.75) is 45.3 Å². The van der Waals surface area contributed by atoms with Crippen molar-refractivity contribution in [2.24, 2.45) is 5.92 Å². The summed E-state index contributed by atoms with van der Waals surface area (Å²) < 4.78 is 13.9. The highest BCUT2D eigenvalue weighted by Crippen LogP contribution is 2.26. The lowest BCUT2D eigenvalue weighted by molar-refractivity contribution is 0.0160. The Bertz CT molecular complexity index is 724. The van der Waals surface area contributed by atoms with E-state index in [4.69, 9.17) is 9.47 Å². The molecule has 5 heteroatoms. The van der Waals surface area contributed by atoms with E-state index in [0.29, 0.717) is 12.0 Å². The van der Waals surface area contributed by atoms with Crippen molar-refractivity contribution in [1.29, 1.82) is 0 Å². The van der Waals surface area contributed by atoms with Crippen molar-refractivity contribution in [3.05, 3.63) is 53.6 Å². The van der Waals surface area contributed by atoms with Gasteiger partial charge in [-0.2, -0.15) is 0 Å². The molecule has 0 aliphatic carbocycles. The van der Waals surface area contributed by atoms with Crippen LogP contribution < -0.4 is 0 Å². The van der Waals surface area contributed by atoms with E-state index >= 15 is 0 Å². The lowest BCUT2D eigenvalue weighted by Gasteiger charge is -2.35. The molecule has 0 radical (unpaired) electrons. The molecule has 2 aromatic heterocycles. The van der Waals surface area contributed by atoms with E-state index in [1.807, 2.05) is 0 Å². The van der Waals surface area contributed by atoms with Crippen LogP contribution in [0.4, 0.5) is 0 Å². The van der Waals surface area contributed by atoms with Crippen LogP contribution in [-0.4, -0.2) is 47.4 Å². The van der Waals surface area contributed by atoms with Crippen molar-refractivity contribution >= 4 is 0 Å². The third-order valence-corrected chi connectivity index (χ3v) is 5.74. The van der Waals surface area contributed by atoms with Crippen molar-refractivity contribution in [1.82, 2.24) is 14.5 Å². The Balaban J connectivity index is 1.31. The first-order valence-electron chi connectivity index (χ1n) is 10.2. The summed E-state index contributed by atoms with van der Waals surface area (Å²) in [6, 6.07) is 11.2. The van der Waals surface area contributed by atoms with E-state index in [0.717, 1.165) is 76.7 Å². The van der Waals surface area contributed by atoms with E-state index in [1.54, 1.807) is 0 Å². The Hall–Kier alpha value is -1.69. The van der Waals surface area contributed by atoms with Gasteiger partial charge in [-0.15, -0.1) is 0 Å². The minimum Gasteiger partial charge on any atom is -0.381 e. The monoisotopic (exact) mass is 369 g/mol. The van der Waals surface area contributed by atoms with E-state index in [1.165, 1.54) is 5.69 Å². The highest BCUT2D eigenvalue weighted by Gasteiger charge is 2.24. The fourth-order valence-electron chi connectivity index (χ4n) is 4.25. The van der Waals surface area contributed by atoms with E-state index < -0.39 is 0 Å². The molecule has 1 saturated heterocycles. The summed E-state index contributed by atoms with van der Waals surface area (Å²) in [5.41, 5.74) is 3.64. The molecule has 27 heavy (non-hydrogen) atoms. The Morgan fingerprint density at radius 3 is 2.93 bits per heavy atom. The minimum absolute atomic E-state index is 0.475. The van der Waals surface area contributed by atoms with Crippen LogP contribution in [0.1, 0.15) is 42.4 Å². The Morgan fingerprint density at radius 2 is 2.07 bits per heavy atom. The van der Waals surface area contributed by atoms with Crippen LogP contribution in [0.25, 0.3) is 0 Å². The first-order chi connectivity index (χ1) is 13.3. The van der Waals surface area contributed by atoms with Gasteiger partial charge in [0.1, 0.15) is 0 Å². The molecule has 0 bridgehead atoms. The molecule has 2 aliphatic rings. The number of ether oxygens (including phenoxy) is 2. The second-order valence-corrected chi connectivity index (χ2v) is 7.92. The number of nitrogens with zero attached hydrogens (tertiary/aromatic N) is 3. The molecule has 1 atom stereocenters. The van der Waals surface area contributed by atoms with Crippen LogP contribution in [0.5, 0.6) is 0 Å². The van der Waals surface area contributed by atoms with Crippen molar-refractivity contribution in [3.8, 4) is 0 Å². The number of hydrogen-bond acceptors (Lipinski definition) is 4. The second kappa shape index (κ2) is 9.00. The van der Waals surface area contributed by atoms with Gasteiger partial charge in [-0.05, 0) is 56.4 Å². The molecule has 4 heterocycles. The van der Waals surface area contributed by atoms with Crippen LogP contribution >= 0.6 is 0 Å². The maximum absolute atomic E-state index is 6.04. The summed E-state index contributed by atoms with van der Waals surface area (Å²) in [4.78, 5) is 7.19. The van der Waals surface area contributed by atoms with E-state index in [9.17, 15) is 0 Å². The highest BCUT2D eigenvalue weighted by molar-refractivity contribution is 5.13. The first kappa shape index (κ1) is 18.7. The molecule has 146 valence electrons. The summed E-state index contributed by atoms with van der Waals surface area (Å²) >= 11 is 0. The fourth-order valence-corrected chi connectivity index (χ4v) is 4.25. The molecule has 0 amide bonds. The standard InChI is InChI=1S/C22H31N3O2/c1-18-4-2-5-20(23-18)14-24-15-21-6-3-10-25(21)22(16-24)9-13-27-17-19-7-11-26-12-8-19/h2-6,10,19,22H,7-9,11-17H2,1H3/t22-/m0/s1. The van der Waals surface area contributed by atoms with Gasteiger partial charge in [-0.3, -0.25) is 9.88 Å². The summed E-state index contributed by atoms with van der Waals surface area (Å²) in [5, 5.41) is 0. The minimum atomic E-state index is 0.475. The van der Waals surface area contributed by atoms with Gasteiger partial charge in [0.05, 0.1) is 5.69 Å². The summed E-state index contributed by atoms with van der Waals surface area (Å²) in [6.07, 6.45) is 5.56. The van der Waals surface area contributed by atoms with Gasteiger partial charge >= 0.3 is 0 Å². The van der Waals surface area contributed by atoms with Gasteiger partial charge in [-0.25, -0.2) is 0 Å². The molecule has 5 nitrogen and oxygen atoms in total. The summed E-state index contributed by atoms with van der Waals surface area (Å²) in [7, 11) is 0. The Labute approximate surface area is 162 Å². The summed E-state index contributed by atoms with van der Waals surface area (Å²) in [5.74, 6) is 0.677. The number of hydrogen-bond donors (Lipinski definition) is 0. The molecule has 2 aromatic rings. The number of rotatable bonds is 7. The van der Waals surface area contributed by atoms with Gasteiger partial charge in [0.2, 0.25) is 0 Å². The maximum atomic E-state index is 6.04. The Morgan fingerprint density at radius 1 is 1.19 bits per heavy atom. The van der Waals surface area contributed by atoms with Gasteiger partial charge in [0.25, 0.3) is 0 Å². The Kier molecular flexibility index (Phi) is 6.22. The molecular weight excluding hydrogens is 338 g/mol. The fraction of sp³-hybridized carbons (Fsp3) is 0.591. The lowest BCUT2D eigenvalue weighted by atomic mass is 10.0. The third-order valence-electron chi connectivity index (χ3n) is 5.74. The molecule has 0 N–H and O–H groups in total. The number of fused-ring (bicyclic) bond motifs is 1. The zero-order chi connectivity index (χ0) is 18.5. The van der Waals surface area contributed by atoms with Crippen LogP contribution in [0.2, 0.25) is 0 Å². The number of pyridine rings is 1. The average Bonchev–Trinajstić information content (AvgIpc) is 3.15. The van der Waals surface area contributed by atoms with E-state index in [-0.39, 0.29) is 0 Å². The van der Waals surface area contributed by atoms with Gasteiger partial charge in [0.15, 0.2) is 0 Å². The third kappa shape index (κ3) is 4.98. The van der Waals surface area contributed by atoms with Gasteiger partial charge in [0, 0.05) is 69.7 Å². The predicted molar refractivity (Wildman–Crippen MR) is 106 cm³/mol. The van der Waals surface area contributed by atoms with E-state index in [2.05, 4.69) is 57.9 Å². The average molecular weight is 370 g/mol. The zero-order valence-corrected chi connectivity index (χ0v) is 16.3. The van der Waals surface area contributed by atoms with Crippen LogP contribution in [-0.2, 0) is 22.6 Å². The highest BCUT2D eigenvalue weighted by atomic mass is 16.5. The molecule has 4 rings (SSSR count). The van der Waals surface area contributed by atoms with Crippen LogP contribution in [0, 0.1) is 12.8 Å². The quantitative estimate of drug-likeness (QED) is 0.700. The van der Waals surface area contributed by atoms with Crippen LogP contribution in [0.15, 0.2) is 36.5 Å². The number of aryl methyl sites for hydroxylation is 1. The van der Waals surface area contributed by atoms with Gasteiger partial charge < -0.3 is 14.0 Å². The molecule has 0 saturated carbocycles. The summed E-state index contributed by atoms with van der Waals surface area (Å²) in [6.45, 7) is 8.51. The second-order valence-electron chi connectivity index (χ2n) is 7.92. The molecule has 0 unspecified atom stereocenters. The largest absolute Gasteiger partial charge is 0.381 e. The zero-order valence-electron chi connectivity index (χ0n) is 16.3. The molecule has 2 aliphatic heterocycles. The molecule has 0 aromatic carbocycles. The molecular formula is C22H31N3O2. The topological polar surface area (TPSA) is 39.5 Å². The SMILES string of the molecule is Cc1cccc(CN2Cc3cccn3[C@@H](CCOCC3CCOCC3)C2)n1. The number of aromatic nitrogens is 2. The normalized spacial score (nSPS) is 21.3. The lowest BCUT2D eigenvalue weighted by Crippen LogP contribution is -2.37. The molecule has 1 fully saturated rings. The van der Waals surface area contributed by atoms with Crippen LogP contribution in [0.3, 0.4) is 0 Å². The van der Waals surface area contributed by atoms with Crippen molar-refractivity contribution in [2.75, 3.05) is 33.0 Å². The predicted octanol–water partition coefficient (Wildman–Crippen LogP) is 3.58. The van der Waals surface area contributed by atoms with Crippen molar-refractivity contribution < 1.29 is 9.47 Å². The van der Waals surface area contributed by atoms with Crippen molar-refractivity contribution in [3.63, 3.8) is 0 Å². The van der Waals surface area contributed by atoms with Gasteiger partial charge in [-0.1, -0.05) is 6.07 Å². The smallest absolute Gasteiger partial charge is 0.0547 e.